The fraction of sp³-hybridized carbons (Fsp3) is 0.654. The summed E-state index contributed by atoms with van der Waals surface area (Å²) in [4.78, 5) is 16.5. The molecular formula is C26H40FN7O. The van der Waals surface area contributed by atoms with Gasteiger partial charge >= 0.3 is 0 Å². The number of halogens is 1. The van der Waals surface area contributed by atoms with E-state index in [2.05, 4.69) is 37.7 Å². The van der Waals surface area contributed by atoms with E-state index in [1.807, 2.05) is 6.07 Å². The number of methoxy groups -OCH3 is 1. The Balaban J connectivity index is 1.41. The summed E-state index contributed by atoms with van der Waals surface area (Å²) in [5.41, 5.74) is 0.890. The van der Waals surface area contributed by atoms with Gasteiger partial charge in [0, 0.05) is 25.2 Å². The summed E-state index contributed by atoms with van der Waals surface area (Å²) < 4.78 is 19.0. The van der Waals surface area contributed by atoms with Gasteiger partial charge in [0.25, 0.3) is 0 Å². The van der Waals surface area contributed by atoms with Crippen molar-refractivity contribution in [3.63, 3.8) is 0 Å². The molecule has 0 bridgehead atoms. The lowest BCUT2D eigenvalue weighted by Gasteiger charge is -2.23. The monoisotopic (exact) mass is 485 g/mol. The number of benzene rings is 1. The molecule has 1 saturated carbocycles. The van der Waals surface area contributed by atoms with E-state index in [9.17, 15) is 4.39 Å². The molecule has 1 unspecified atom stereocenters. The average molecular weight is 486 g/mol. The molecule has 1 aromatic carbocycles. The number of ether oxygens (including phenoxy) is 1. The molecule has 4 rings (SSSR count). The first-order valence-electron chi connectivity index (χ1n) is 13.2. The summed E-state index contributed by atoms with van der Waals surface area (Å²) in [7, 11) is 1.47. The van der Waals surface area contributed by atoms with Gasteiger partial charge in [0.05, 0.1) is 7.11 Å². The van der Waals surface area contributed by atoms with Crippen LogP contribution in [0.5, 0.6) is 5.75 Å². The minimum atomic E-state index is -0.348. The van der Waals surface area contributed by atoms with E-state index in [-0.39, 0.29) is 11.6 Å². The van der Waals surface area contributed by atoms with Gasteiger partial charge < -0.3 is 20.7 Å². The lowest BCUT2D eigenvalue weighted by molar-refractivity contribution is 0.277. The second-order valence-electron chi connectivity index (χ2n) is 9.59. The van der Waals surface area contributed by atoms with Crippen molar-refractivity contribution in [3.8, 4) is 5.75 Å². The van der Waals surface area contributed by atoms with Gasteiger partial charge in [-0.15, -0.1) is 0 Å². The van der Waals surface area contributed by atoms with Gasteiger partial charge in [-0.25, -0.2) is 4.39 Å². The fourth-order valence-electron chi connectivity index (χ4n) is 5.14. The summed E-state index contributed by atoms with van der Waals surface area (Å²) in [6, 6.07) is 5.96. The Kier molecular flexibility index (Phi) is 9.34. The first kappa shape index (κ1) is 25.4. The van der Waals surface area contributed by atoms with E-state index in [1.165, 1.54) is 51.7 Å². The predicted octanol–water partition coefficient (Wildman–Crippen LogP) is 4.70. The first-order chi connectivity index (χ1) is 17.1. The average Bonchev–Trinajstić information content (AvgIpc) is 3.17. The van der Waals surface area contributed by atoms with Crippen LogP contribution in [0.15, 0.2) is 18.2 Å². The van der Waals surface area contributed by atoms with Crippen LogP contribution in [0.4, 0.5) is 22.2 Å². The molecule has 192 valence electrons. The topological polar surface area (TPSA) is 87.2 Å². The normalized spacial score (nSPS) is 19.3. The maximum Gasteiger partial charge on any atom is 0.229 e. The molecule has 1 atom stereocenters. The summed E-state index contributed by atoms with van der Waals surface area (Å²) >= 11 is 0. The van der Waals surface area contributed by atoms with E-state index in [4.69, 9.17) is 9.72 Å². The minimum absolute atomic E-state index is 0.257. The van der Waals surface area contributed by atoms with Gasteiger partial charge in [-0.05, 0) is 62.9 Å². The third-order valence-corrected chi connectivity index (χ3v) is 7.14. The number of hydrogen-bond acceptors (Lipinski definition) is 8. The Hall–Kier alpha value is -2.68. The standard InChI is InChI=1S/C26H40FN7O/c1-3-34-16-8-11-21(34)18-29-25-31-24(28-15-14-19-12-13-23(35-2)22(27)17-19)32-26(33-25)30-20-9-6-4-5-7-10-20/h12-13,17,20-21H,3-11,14-16,18H2,1-2H3,(H3,28,29,30,31,32,33). The van der Waals surface area contributed by atoms with Crippen LogP contribution in [0.3, 0.4) is 0 Å². The van der Waals surface area contributed by atoms with Crippen molar-refractivity contribution in [1.29, 1.82) is 0 Å². The lowest BCUT2D eigenvalue weighted by atomic mass is 10.1. The van der Waals surface area contributed by atoms with Crippen LogP contribution in [0.1, 0.15) is 63.9 Å². The molecule has 1 aromatic heterocycles. The zero-order valence-electron chi connectivity index (χ0n) is 21.2. The van der Waals surface area contributed by atoms with Crippen molar-refractivity contribution in [2.75, 3.05) is 49.2 Å². The molecular weight excluding hydrogens is 445 g/mol. The largest absolute Gasteiger partial charge is 0.494 e. The zero-order chi connectivity index (χ0) is 24.5. The molecule has 3 N–H and O–H groups in total. The van der Waals surface area contributed by atoms with Crippen LogP contribution in [-0.2, 0) is 6.42 Å². The van der Waals surface area contributed by atoms with Gasteiger partial charge in [-0.3, -0.25) is 4.90 Å². The second kappa shape index (κ2) is 12.9. The van der Waals surface area contributed by atoms with Crippen molar-refractivity contribution in [1.82, 2.24) is 19.9 Å². The van der Waals surface area contributed by atoms with Gasteiger partial charge in [0.2, 0.25) is 17.8 Å². The van der Waals surface area contributed by atoms with Crippen LogP contribution in [-0.4, -0.2) is 65.2 Å². The SMILES string of the molecule is CCN1CCCC1CNc1nc(NCCc2ccc(OC)c(F)c2)nc(NC2CCCCCC2)n1. The quantitative estimate of drug-likeness (QED) is 0.395. The number of aromatic nitrogens is 3. The van der Waals surface area contributed by atoms with E-state index in [1.54, 1.807) is 6.07 Å². The number of hydrogen-bond donors (Lipinski definition) is 3. The molecule has 0 radical (unpaired) electrons. The molecule has 2 fully saturated rings. The third-order valence-electron chi connectivity index (χ3n) is 7.14. The van der Waals surface area contributed by atoms with Crippen molar-refractivity contribution < 1.29 is 9.13 Å². The molecule has 1 aliphatic carbocycles. The van der Waals surface area contributed by atoms with Gasteiger partial charge in [0.1, 0.15) is 0 Å². The molecule has 35 heavy (non-hydrogen) atoms. The van der Waals surface area contributed by atoms with Crippen molar-refractivity contribution in [3.05, 3.63) is 29.6 Å². The summed E-state index contributed by atoms with van der Waals surface area (Å²) in [6.07, 6.45) is 10.5. The summed E-state index contributed by atoms with van der Waals surface area (Å²) in [5, 5.41) is 10.3. The highest BCUT2D eigenvalue weighted by Crippen LogP contribution is 2.22. The third kappa shape index (κ3) is 7.40. The van der Waals surface area contributed by atoms with Crippen LogP contribution >= 0.6 is 0 Å². The number of rotatable bonds is 11. The Morgan fingerprint density at radius 1 is 0.971 bits per heavy atom. The van der Waals surface area contributed by atoms with Crippen molar-refractivity contribution in [2.45, 2.75) is 76.8 Å². The lowest BCUT2D eigenvalue weighted by Crippen LogP contribution is -2.35. The van der Waals surface area contributed by atoms with Gasteiger partial charge in [0.15, 0.2) is 11.6 Å². The maximum atomic E-state index is 14.0. The molecule has 0 spiro atoms. The van der Waals surface area contributed by atoms with Crippen LogP contribution < -0.4 is 20.7 Å². The summed E-state index contributed by atoms with van der Waals surface area (Å²) in [5.74, 6) is 1.65. The smallest absolute Gasteiger partial charge is 0.229 e. The Bertz CT molecular complexity index is 936. The molecule has 1 aliphatic heterocycles. The van der Waals surface area contributed by atoms with E-state index in [0.717, 1.165) is 38.0 Å². The van der Waals surface area contributed by atoms with Crippen molar-refractivity contribution in [2.24, 2.45) is 0 Å². The van der Waals surface area contributed by atoms with Crippen LogP contribution in [0.2, 0.25) is 0 Å². The van der Waals surface area contributed by atoms with E-state index in [0.29, 0.717) is 42.9 Å². The second-order valence-corrected chi connectivity index (χ2v) is 9.59. The minimum Gasteiger partial charge on any atom is -0.494 e. The Morgan fingerprint density at radius 3 is 2.43 bits per heavy atom. The van der Waals surface area contributed by atoms with Crippen LogP contribution in [0, 0.1) is 5.82 Å². The highest BCUT2D eigenvalue weighted by Gasteiger charge is 2.23. The fourth-order valence-corrected chi connectivity index (χ4v) is 5.14. The highest BCUT2D eigenvalue weighted by atomic mass is 19.1. The molecule has 0 amide bonds. The van der Waals surface area contributed by atoms with Crippen LogP contribution in [0.25, 0.3) is 0 Å². The van der Waals surface area contributed by atoms with Gasteiger partial charge in [-0.2, -0.15) is 15.0 Å². The number of likely N-dealkylation sites (N-methyl/N-ethyl adjacent to an activating group) is 1. The predicted molar refractivity (Wildman–Crippen MR) is 139 cm³/mol. The molecule has 1 saturated heterocycles. The molecule has 2 aromatic rings. The van der Waals surface area contributed by atoms with Crippen molar-refractivity contribution >= 4 is 17.8 Å². The first-order valence-corrected chi connectivity index (χ1v) is 13.2. The zero-order valence-corrected chi connectivity index (χ0v) is 21.2. The summed E-state index contributed by atoms with van der Waals surface area (Å²) in [6.45, 7) is 5.85. The molecule has 9 heteroatoms. The number of nitrogens with one attached hydrogen (secondary N) is 3. The van der Waals surface area contributed by atoms with Gasteiger partial charge in [-0.1, -0.05) is 38.7 Å². The number of anilines is 3. The highest BCUT2D eigenvalue weighted by molar-refractivity contribution is 5.43. The molecule has 2 heterocycles. The van der Waals surface area contributed by atoms with E-state index < -0.39 is 0 Å². The maximum absolute atomic E-state index is 14.0. The Morgan fingerprint density at radius 2 is 1.71 bits per heavy atom. The number of likely N-dealkylation sites (tertiary alicyclic amines) is 1. The Labute approximate surface area is 208 Å². The molecule has 8 nitrogen and oxygen atoms in total. The number of nitrogens with zero attached hydrogens (tertiary/aromatic N) is 4. The van der Waals surface area contributed by atoms with E-state index >= 15 is 0 Å². The molecule has 2 aliphatic rings.